The van der Waals surface area contributed by atoms with Gasteiger partial charge in [-0.15, -0.1) is 11.3 Å². The molecule has 1 heterocycles. The summed E-state index contributed by atoms with van der Waals surface area (Å²) >= 11 is 1.19. The first kappa shape index (κ1) is 22.3. The van der Waals surface area contributed by atoms with Crippen LogP contribution in [0.1, 0.15) is 21.5 Å². The van der Waals surface area contributed by atoms with E-state index in [4.69, 9.17) is 10.8 Å². The van der Waals surface area contributed by atoms with Crippen molar-refractivity contribution in [2.45, 2.75) is 11.9 Å². The predicted octanol–water partition coefficient (Wildman–Crippen LogP) is 4.87. The Morgan fingerprint density at radius 3 is 2.65 bits per heavy atom. The van der Waals surface area contributed by atoms with Crippen molar-refractivity contribution in [2.75, 3.05) is 5.32 Å². The number of hydrogen-bond acceptors (Lipinski definition) is 6. The number of halogens is 3. The molecule has 0 saturated heterocycles. The maximum Gasteiger partial charge on any atom is 0.415 e. The van der Waals surface area contributed by atoms with E-state index in [9.17, 15) is 26.4 Å². The molecule has 0 saturated carbocycles. The average molecular weight is 467 g/mol. The van der Waals surface area contributed by atoms with E-state index in [1.165, 1.54) is 35.7 Å². The van der Waals surface area contributed by atoms with Gasteiger partial charge in [0.2, 0.25) is 0 Å². The van der Waals surface area contributed by atoms with Gasteiger partial charge in [0.25, 0.3) is 5.91 Å². The third-order valence-electron chi connectivity index (χ3n) is 3.83. The first-order chi connectivity index (χ1) is 14.6. The first-order valence-electron chi connectivity index (χ1n) is 8.38. The summed E-state index contributed by atoms with van der Waals surface area (Å²) in [6, 6.07) is 7.78. The molecule has 0 radical (unpaired) electrons. The highest BCUT2D eigenvalue weighted by Gasteiger charge is 2.35. The fraction of sp³-hybridized carbons (Fsp3) is 0.105. The van der Waals surface area contributed by atoms with Crippen LogP contribution < -0.4 is 9.50 Å². The summed E-state index contributed by atoms with van der Waals surface area (Å²) in [5.41, 5.74) is -1.99. The Morgan fingerprint density at radius 1 is 1.23 bits per heavy atom. The third-order valence-corrected chi connectivity index (χ3v) is 5.63. The molecule has 1 aromatic heterocycles. The number of nitrogens with zero attached hydrogens (tertiary/aromatic N) is 2. The number of thiazole rings is 1. The molecule has 1 N–H and O–H groups in total. The van der Waals surface area contributed by atoms with Gasteiger partial charge in [0.1, 0.15) is 11.5 Å². The fourth-order valence-electron chi connectivity index (χ4n) is 2.53. The van der Waals surface area contributed by atoms with Crippen molar-refractivity contribution < 1.29 is 30.6 Å². The summed E-state index contributed by atoms with van der Waals surface area (Å²) in [6.07, 6.45) is -3.36. The molecular formula is C19H12F3N3O4S2. The highest BCUT2D eigenvalue weighted by atomic mass is 32.2. The molecule has 0 fully saturated rings. The molecule has 1 amide bonds. The van der Waals surface area contributed by atoms with Crippen LogP contribution in [0.2, 0.25) is 0 Å². The Bertz CT molecular complexity index is 1250. The lowest BCUT2D eigenvalue weighted by Gasteiger charge is -2.14. The molecule has 0 aliphatic carbocycles. The normalized spacial score (nSPS) is 11.5. The van der Waals surface area contributed by atoms with Gasteiger partial charge >= 0.3 is 16.3 Å². The molecule has 0 atom stereocenters. The number of hydrogen-bond donors (Lipinski definition) is 1. The molecule has 7 nitrogen and oxygen atoms in total. The highest BCUT2D eigenvalue weighted by molar-refractivity contribution is 7.86. The van der Waals surface area contributed by atoms with Crippen molar-refractivity contribution in [3.8, 4) is 5.75 Å². The Hall–Kier alpha value is -3.43. The monoisotopic (exact) mass is 467 g/mol. The quantitative estimate of drug-likeness (QED) is 0.413. The summed E-state index contributed by atoms with van der Waals surface area (Å²) in [4.78, 5) is 19.1. The molecule has 31 heavy (non-hydrogen) atoms. The predicted molar refractivity (Wildman–Crippen MR) is 107 cm³/mol. The SMILES string of the molecule is [C-]#[N+]c1ccc(CS(=O)(=O)Oc2cccc(C(=O)Nc3nccs3)c2)c(C(F)(F)F)c1. The van der Waals surface area contributed by atoms with E-state index >= 15 is 0 Å². The van der Waals surface area contributed by atoms with Gasteiger partial charge in [0, 0.05) is 22.7 Å². The maximum absolute atomic E-state index is 13.3. The highest BCUT2D eigenvalue weighted by Crippen LogP contribution is 2.35. The Labute approximate surface area is 179 Å². The van der Waals surface area contributed by atoms with Gasteiger partial charge in [0.15, 0.2) is 10.8 Å². The van der Waals surface area contributed by atoms with Crippen LogP contribution in [0.15, 0.2) is 54.0 Å². The average Bonchev–Trinajstić information content (AvgIpc) is 3.20. The van der Waals surface area contributed by atoms with Crippen molar-refractivity contribution in [3.05, 3.63) is 82.1 Å². The second kappa shape index (κ2) is 8.75. The standard InChI is InChI=1S/C19H12F3N3O4S2/c1-23-14-6-5-13(16(10-14)19(20,21)22)11-31(27,28)29-15-4-2-3-12(9-15)17(26)25-18-24-7-8-30-18/h2-10H,11H2,(H,24,25,26). The topological polar surface area (TPSA) is 89.7 Å². The zero-order valence-corrected chi connectivity index (χ0v) is 17.0. The number of carbonyl (C=O) groups excluding carboxylic acids is 1. The number of amides is 1. The van der Waals surface area contributed by atoms with Gasteiger partial charge in [-0.3, -0.25) is 10.1 Å². The van der Waals surface area contributed by atoms with Gasteiger partial charge in [-0.05, 0) is 29.8 Å². The lowest BCUT2D eigenvalue weighted by molar-refractivity contribution is -0.138. The van der Waals surface area contributed by atoms with Crippen LogP contribution in [0.5, 0.6) is 5.75 Å². The zero-order valence-electron chi connectivity index (χ0n) is 15.4. The number of rotatable bonds is 6. The van der Waals surface area contributed by atoms with Crippen LogP contribution >= 0.6 is 11.3 Å². The van der Waals surface area contributed by atoms with Gasteiger partial charge in [-0.2, -0.15) is 21.6 Å². The molecule has 0 unspecified atom stereocenters. The van der Waals surface area contributed by atoms with E-state index in [1.807, 2.05) is 0 Å². The van der Waals surface area contributed by atoms with Crippen LogP contribution in [0, 0.1) is 6.57 Å². The van der Waals surface area contributed by atoms with Gasteiger partial charge in [-0.1, -0.05) is 18.2 Å². The van der Waals surface area contributed by atoms with Crippen LogP contribution in [0.4, 0.5) is 24.0 Å². The van der Waals surface area contributed by atoms with Crippen LogP contribution in [0.25, 0.3) is 4.85 Å². The lowest BCUT2D eigenvalue weighted by atomic mass is 10.1. The Balaban J connectivity index is 1.80. The fourth-order valence-corrected chi connectivity index (χ4v) is 4.15. The van der Waals surface area contributed by atoms with Gasteiger partial charge < -0.3 is 4.18 Å². The van der Waals surface area contributed by atoms with Crippen molar-refractivity contribution in [1.29, 1.82) is 0 Å². The summed E-state index contributed by atoms with van der Waals surface area (Å²) in [6.45, 7) is 6.84. The van der Waals surface area contributed by atoms with E-state index in [2.05, 4.69) is 15.1 Å². The lowest BCUT2D eigenvalue weighted by Crippen LogP contribution is -2.17. The van der Waals surface area contributed by atoms with Gasteiger partial charge in [0.05, 0.1) is 6.57 Å². The third kappa shape index (κ3) is 5.80. The van der Waals surface area contributed by atoms with E-state index in [0.29, 0.717) is 11.2 Å². The number of benzene rings is 2. The first-order valence-corrected chi connectivity index (χ1v) is 10.8. The minimum absolute atomic E-state index is 0.0697. The summed E-state index contributed by atoms with van der Waals surface area (Å²) in [7, 11) is -4.50. The van der Waals surface area contributed by atoms with E-state index < -0.39 is 39.1 Å². The maximum atomic E-state index is 13.3. The molecule has 3 aromatic rings. The van der Waals surface area contributed by atoms with E-state index in [1.54, 1.807) is 5.38 Å². The van der Waals surface area contributed by atoms with Crippen molar-refractivity contribution >= 4 is 38.2 Å². The number of alkyl halides is 3. The van der Waals surface area contributed by atoms with Crippen molar-refractivity contribution in [2.24, 2.45) is 0 Å². The van der Waals surface area contributed by atoms with E-state index in [-0.39, 0.29) is 17.0 Å². The minimum Gasteiger partial charge on any atom is -0.382 e. The molecule has 160 valence electrons. The Morgan fingerprint density at radius 2 is 2.00 bits per heavy atom. The van der Waals surface area contributed by atoms with E-state index in [0.717, 1.165) is 18.2 Å². The Kier molecular flexibility index (Phi) is 6.28. The molecule has 0 bridgehead atoms. The smallest absolute Gasteiger partial charge is 0.382 e. The minimum atomic E-state index is -4.85. The van der Waals surface area contributed by atoms with Crippen LogP contribution in [-0.2, 0) is 22.0 Å². The van der Waals surface area contributed by atoms with Crippen molar-refractivity contribution in [1.82, 2.24) is 4.98 Å². The second-order valence-corrected chi connectivity index (χ2v) is 8.52. The molecule has 12 heteroatoms. The van der Waals surface area contributed by atoms with Crippen molar-refractivity contribution in [3.63, 3.8) is 0 Å². The molecule has 0 aliphatic heterocycles. The zero-order chi connectivity index (χ0) is 22.6. The number of nitrogens with one attached hydrogen (secondary N) is 1. The number of anilines is 1. The second-order valence-electron chi connectivity index (χ2n) is 6.06. The summed E-state index contributed by atoms with van der Waals surface area (Å²) in [5, 5.41) is 4.51. The number of aromatic nitrogens is 1. The number of carbonyl (C=O) groups is 1. The summed E-state index contributed by atoms with van der Waals surface area (Å²) in [5.74, 6) is -1.87. The van der Waals surface area contributed by atoms with Gasteiger partial charge in [-0.25, -0.2) is 9.83 Å². The molecule has 2 aromatic carbocycles. The molecular weight excluding hydrogens is 455 g/mol. The van der Waals surface area contributed by atoms with Crippen LogP contribution in [-0.4, -0.2) is 19.3 Å². The summed E-state index contributed by atoms with van der Waals surface area (Å²) < 4.78 is 69.5. The largest absolute Gasteiger partial charge is 0.415 e. The molecule has 3 rings (SSSR count). The molecule has 0 spiro atoms. The van der Waals surface area contributed by atoms with Crippen LogP contribution in [0.3, 0.4) is 0 Å². The molecule has 0 aliphatic rings.